The summed E-state index contributed by atoms with van der Waals surface area (Å²) < 4.78 is 0. The van der Waals surface area contributed by atoms with Gasteiger partial charge >= 0.3 is 0 Å². The Hall–Kier alpha value is -0.860. The first-order chi connectivity index (χ1) is 4.95. The molecule has 1 aromatic rings. The lowest BCUT2D eigenvalue weighted by molar-refractivity contribution is 0.556. The molecule has 1 aliphatic rings. The summed E-state index contributed by atoms with van der Waals surface area (Å²) in [6, 6.07) is 10.6. The number of rotatable bonds is 2. The van der Waals surface area contributed by atoms with Crippen molar-refractivity contribution < 1.29 is 5.48 Å². The highest BCUT2D eigenvalue weighted by Crippen LogP contribution is 2.10. The lowest BCUT2D eigenvalue weighted by atomic mass is 10.2. The van der Waals surface area contributed by atoms with Crippen LogP contribution in [0.2, 0.25) is 0 Å². The summed E-state index contributed by atoms with van der Waals surface area (Å²) >= 11 is 0. The Morgan fingerprint density at radius 2 is 1.73 bits per heavy atom. The number of hydrogen-bond acceptors (Lipinski definition) is 1. The molecule has 2 N–H and O–H groups in total. The zero-order chi connectivity index (χ0) is 6.81. The Labute approximate surface area is 66.8 Å². The molecule has 2 rings (SSSR count). The summed E-state index contributed by atoms with van der Waals surface area (Å²) in [6.07, 6.45) is 0. The molecule has 0 saturated carbocycles. The molecule has 1 saturated heterocycles. The van der Waals surface area contributed by atoms with E-state index in [1.807, 2.05) is 0 Å². The molecule has 0 aliphatic carbocycles. The fraction of sp³-hybridized carbons (Fsp3) is 0.333. The van der Waals surface area contributed by atoms with Crippen LogP contribution in [0.4, 0.5) is 0 Å². The summed E-state index contributed by atoms with van der Waals surface area (Å²) in [5, 5.41) is 0. The van der Waals surface area contributed by atoms with Gasteiger partial charge < -0.3 is 5.48 Å². The summed E-state index contributed by atoms with van der Waals surface area (Å²) in [5.74, 6) is 0. The minimum Gasteiger partial charge on any atom is -0.412 e. The molecule has 60 valence electrons. The smallest absolute Gasteiger partial charge is 0.0234 e. The third kappa shape index (κ3) is 2.33. The van der Waals surface area contributed by atoms with Crippen molar-refractivity contribution in [2.45, 2.75) is 6.54 Å². The van der Waals surface area contributed by atoms with Gasteiger partial charge in [0.25, 0.3) is 0 Å². The quantitative estimate of drug-likeness (QED) is 0.572. The van der Waals surface area contributed by atoms with Gasteiger partial charge in [0.15, 0.2) is 0 Å². The normalized spacial score (nSPS) is 15.6. The molecule has 1 aromatic carbocycles. The predicted octanol–water partition coefficient (Wildman–Crippen LogP) is 0.677. The molecule has 1 heterocycles. The Morgan fingerprint density at radius 1 is 1.09 bits per heavy atom. The molecule has 1 aliphatic heterocycles. The molecule has 0 unspecified atom stereocenters. The van der Waals surface area contributed by atoms with Crippen molar-refractivity contribution in [1.29, 1.82) is 0 Å². The van der Waals surface area contributed by atoms with Crippen molar-refractivity contribution in [2.24, 2.45) is 0 Å². The van der Waals surface area contributed by atoms with E-state index in [1.54, 1.807) is 0 Å². The molecular formula is C9H13NO. The van der Waals surface area contributed by atoms with Gasteiger partial charge in [-0.2, -0.15) is 0 Å². The maximum absolute atomic E-state index is 2.41. The molecule has 0 aromatic heterocycles. The molecular weight excluding hydrogens is 138 g/mol. The van der Waals surface area contributed by atoms with E-state index in [-0.39, 0.29) is 5.48 Å². The molecule has 0 atom stereocenters. The lowest BCUT2D eigenvalue weighted by Gasteiger charge is -1.98. The second-order valence-electron chi connectivity index (χ2n) is 2.76. The third-order valence-corrected chi connectivity index (χ3v) is 1.79. The van der Waals surface area contributed by atoms with Crippen LogP contribution in [0.3, 0.4) is 0 Å². The van der Waals surface area contributed by atoms with Crippen molar-refractivity contribution >= 4 is 0 Å². The monoisotopic (exact) mass is 151 g/mol. The number of nitrogens with zero attached hydrogens (tertiary/aromatic N) is 1. The molecule has 0 spiro atoms. The highest BCUT2D eigenvalue weighted by atomic mass is 16.0. The van der Waals surface area contributed by atoms with Crippen molar-refractivity contribution in [1.82, 2.24) is 4.90 Å². The number of benzene rings is 1. The first-order valence-corrected chi connectivity index (χ1v) is 3.71. The topological polar surface area (TPSA) is 34.5 Å². The van der Waals surface area contributed by atoms with Crippen molar-refractivity contribution in [3.8, 4) is 0 Å². The van der Waals surface area contributed by atoms with E-state index in [4.69, 9.17) is 0 Å². The molecule has 0 bridgehead atoms. The van der Waals surface area contributed by atoms with Crippen LogP contribution in [-0.2, 0) is 6.54 Å². The molecule has 2 nitrogen and oxygen atoms in total. The highest BCUT2D eigenvalue weighted by Gasteiger charge is 2.16. The van der Waals surface area contributed by atoms with Crippen LogP contribution >= 0.6 is 0 Å². The summed E-state index contributed by atoms with van der Waals surface area (Å²) in [6.45, 7) is 3.71. The highest BCUT2D eigenvalue weighted by molar-refractivity contribution is 5.14. The van der Waals surface area contributed by atoms with Gasteiger partial charge in [-0.15, -0.1) is 0 Å². The van der Waals surface area contributed by atoms with Crippen LogP contribution < -0.4 is 0 Å². The van der Waals surface area contributed by atoms with Gasteiger partial charge in [0.05, 0.1) is 0 Å². The molecule has 1 fully saturated rings. The SMILES string of the molecule is O.c1ccc(CN2CC2)cc1. The van der Waals surface area contributed by atoms with E-state index in [0.717, 1.165) is 6.54 Å². The van der Waals surface area contributed by atoms with Crippen LogP contribution in [0.1, 0.15) is 5.56 Å². The van der Waals surface area contributed by atoms with Gasteiger partial charge in [0, 0.05) is 19.6 Å². The molecule has 2 heteroatoms. The second kappa shape index (κ2) is 3.51. The van der Waals surface area contributed by atoms with Crippen LogP contribution in [0.5, 0.6) is 0 Å². The van der Waals surface area contributed by atoms with Crippen LogP contribution in [0, 0.1) is 0 Å². The van der Waals surface area contributed by atoms with Crippen LogP contribution in [0.15, 0.2) is 30.3 Å². The maximum Gasteiger partial charge on any atom is 0.0234 e. The Kier molecular flexibility index (Phi) is 2.63. The predicted molar refractivity (Wildman–Crippen MR) is 45.3 cm³/mol. The van der Waals surface area contributed by atoms with Gasteiger partial charge in [-0.25, -0.2) is 0 Å². The average molecular weight is 151 g/mol. The number of hydrogen-bond donors (Lipinski definition) is 0. The van der Waals surface area contributed by atoms with E-state index in [2.05, 4.69) is 35.2 Å². The zero-order valence-electron chi connectivity index (χ0n) is 6.46. The van der Waals surface area contributed by atoms with Gasteiger partial charge in [0.2, 0.25) is 0 Å². The Morgan fingerprint density at radius 3 is 2.27 bits per heavy atom. The Balaban J connectivity index is 0.000000605. The van der Waals surface area contributed by atoms with Crippen LogP contribution in [-0.4, -0.2) is 23.5 Å². The van der Waals surface area contributed by atoms with Gasteiger partial charge in [-0.1, -0.05) is 30.3 Å². The fourth-order valence-electron chi connectivity index (χ4n) is 1.07. The largest absolute Gasteiger partial charge is 0.412 e. The zero-order valence-corrected chi connectivity index (χ0v) is 6.46. The second-order valence-corrected chi connectivity index (χ2v) is 2.76. The van der Waals surface area contributed by atoms with Gasteiger partial charge in [-0.3, -0.25) is 4.90 Å². The van der Waals surface area contributed by atoms with Crippen molar-refractivity contribution in [2.75, 3.05) is 13.1 Å². The standard InChI is InChI=1S/C9H11N.H2O/c1-2-4-9(5-3-1)8-10-6-7-10;/h1-5H,6-8H2;1H2. The van der Waals surface area contributed by atoms with Crippen molar-refractivity contribution in [3.05, 3.63) is 35.9 Å². The summed E-state index contributed by atoms with van der Waals surface area (Å²) in [7, 11) is 0. The van der Waals surface area contributed by atoms with Crippen molar-refractivity contribution in [3.63, 3.8) is 0 Å². The molecule has 0 radical (unpaired) electrons. The third-order valence-electron chi connectivity index (χ3n) is 1.79. The molecule has 11 heavy (non-hydrogen) atoms. The summed E-state index contributed by atoms with van der Waals surface area (Å²) in [4.78, 5) is 2.41. The van der Waals surface area contributed by atoms with E-state index in [1.165, 1.54) is 18.7 Å². The Bertz CT molecular complexity index is 206. The first kappa shape index (κ1) is 8.24. The average Bonchev–Trinajstić information content (AvgIpc) is 2.74. The lowest BCUT2D eigenvalue weighted by Crippen LogP contribution is -1.95. The fourth-order valence-corrected chi connectivity index (χ4v) is 1.07. The van der Waals surface area contributed by atoms with Crippen LogP contribution in [0.25, 0.3) is 0 Å². The first-order valence-electron chi connectivity index (χ1n) is 3.71. The maximum atomic E-state index is 2.41. The van der Waals surface area contributed by atoms with Gasteiger partial charge in [0.1, 0.15) is 0 Å². The minimum atomic E-state index is 0. The van der Waals surface area contributed by atoms with E-state index in [9.17, 15) is 0 Å². The minimum absolute atomic E-state index is 0. The molecule has 0 amide bonds. The van der Waals surface area contributed by atoms with E-state index < -0.39 is 0 Å². The van der Waals surface area contributed by atoms with E-state index in [0.29, 0.717) is 0 Å². The van der Waals surface area contributed by atoms with Gasteiger partial charge in [-0.05, 0) is 5.56 Å². The summed E-state index contributed by atoms with van der Waals surface area (Å²) in [5.41, 5.74) is 1.43. The van der Waals surface area contributed by atoms with E-state index >= 15 is 0 Å².